The first-order chi connectivity index (χ1) is 62.0. The normalized spacial score (nSPS) is 13.1. The zero-order valence-corrected chi connectivity index (χ0v) is 68.4. The van der Waals surface area contributed by atoms with E-state index < -0.39 is 100 Å². The van der Waals surface area contributed by atoms with Gasteiger partial charge in [0.15, 0.2) is 28.4 Å². The number of carboxylic acids is 1. The molecule has 48 heteroatoms. The number of anilines is 1. The van der Waals surface area contributed by atoms with Crippen LogP contribution in [0.3, 0.4) is 0 Å². The lowest BCUT2D eigenvalue weighted by Crippen LogP contribution is -2.38. The van der Waals surface area contributed by atoms with Crippen molar-refractivity contribution in [1.29, 1.82) is 0 Å². The lowest BCUT2D eigenvalue weighted by Gasteiger charge is -2.28. The second-order valence-electron chi connectivity index (χ2n) is 28.4. The third-order valence-corrected chi connectivity index (χ3v) is 20.0. The summed E-state index contributed by atoms with van der Waals surface area (Å²) in [6.45, 7) is 1.83. The van der Waals surface area contributed by atoms with Crippen molar-refractivity contribution in [2.24, 2.45) is 0 Å². The fourth-order valence-corrected chi connectivity index (χ4v) is 13.5. The van der Waals surface area contributed by atoms with Gasteiger partial charge in [0, 0.05) is 124 Å². The molecule has 0 saturated heterocycles. The number of carbonyl (C=O) groups is 4. The molecule has 12 heterocycles. The average molecular weight is 1910 g/mol. The first kappa shape index (κ1) is 95.2. The highest BCUT2D eigenvalue weighted by Crippen LogP contribution is 2.35. The molecule has 7 N–H and O–H groups in total. The van der Waals surface area contributed by atoms with Crippen LogP contribution in [0.25, 0.3) is 38.0 Å². The maximum atomic E-state index is 14.6. The van der Waals surface area contributed by atoms with Crippen molar-refractivity contribution in [2.75, 3.05) is 30.7 Å². The van der Waals surface area contributed by atoms with Crippen LogP contribution < -0.4 is 27.7 Å². The van der Waals surface area contributed by atoms with E-state index in [2.05, 4.69) is 86.7 Å². The number of carboxylic acid groups (broad SMARTS) is 1. The molecule has 0 spiro atoms. The minimum absolute atomic E-state index is 0.0902. The average Bonchev–Trinajstić information content (AvgIpc) is 1.74. The number of fused-ring (bicyclic) bond motifs is 7. The maximum absolute atomic E-state index is 14.6. The Kier molecular flexibility index (Phi) is 29.2. The topological polar surface area (TPSA) is 380 Å². The highest BCUT2D eigenvalue weighted by Gasteiger charge is 2.40. The second-order valence-corrected chi connectivity index (χ2v) is 29.0. The number of aromatic amines is 3. The van der Waals surface area contributed by atoms with Gasteiger partial charge in [-0.1, -0.05) is 88.7 Å². The summed E-state index contributed by atoms with van der Waals surface area (Å²) in [5.41, 5.74) is 3.40. The van der Waals surface area contributed by atoms with E-state index >= 15 is 0 Å². The van der Waals surface area contributed by atoms with Gasteiger partial charge in [0.05, 0.1) is 87.3 Å². The van der Waals surface area contributed by atoms with Crippen molar-refractivity contribution in [2.45, 2.75) is 89.4 Å². The molecule has 18 rings (SSSR count). The van der Waals surface area contributed by atoms with Crippen molar-refractivity contribution in [1.82, 2.24) is 98.7 Å². The number of rotatable bonds is 10. The number of aromatic nitrogens is 17. The summed E-state index contributed by atoms with van der Waals surface area (Å²) in [4.78, 5) is 110. The number of nitrogens with one attached hydrogen (secondary N) is 4. The van der Waals surface area contributed by atoms with E-state index in [-0.39, 0.29) is 109 Å². The summed E-state index contributed by atoms with van der Waals surface area (Å²) in [5, 5.41) is 34.2. The molecule has 131 heavy (non-hydrogen) atoms. The Morgan fingerprint density at radius 1 is 0.443 bits per heavy atom. The number of hydrogen-bond acceptors (Lipinski definition) is 19. The largest absolute Gasteiger partial charge is 0.478 e. The highest BCUT2D eigenvalue weighted by atomic mass is 79.9. The van der Waals surface area contributed by atoms with E-state index in [9.17, 15) is 113 Å². The molecule has 3 aliphatic rings. The van der Waals surface area contributed by atoms with Crippen molar-refractivity contribution in [3.05, 3.63) is 329 Å². The van der Waals surface area contributed by atoms with Gasteiger partial charge in [-0.05, 0) is 71.3 Å². The third-order valence-electron chi connectivity index (χ3n) is 19.5. The summed E-state index contributed by atoms with van der Waals surface area (Å²) in [7, 11) is 0. The third kappa shape index (κ3) is 23.9. The van der Waals surface area contributed by atoms with Crippen LogP contribution in [0.15, 0.2) is 204 Å². The molecule has 0 bridgehead atoms. The molecule has 0 radical (unpaired) electrons. The molecule has 0 fully saturated rings. The van der Waals surface area contributed by atoms with Crippen LogP contribution in [-0.2, 0) is 88.0 Å². The number of imidazole rings is 4. The summed E-state index contributed by atoms with van der Waals surface area (Å²) in [5.74, 6) is -5.51. The number of ketones is 1. The van der Waals surface area contributed by atoms with E-state index in [0.29, 0.717) is 97.4 Å². The van der Waals surface area contributed by atoms with Crippen molar-refractivity contribution in [3.63, 3.8) is 0 Å². The van der Waals surface area contributed by atoms with Crippen molar-refractivity contribution < 1.29 is 103 Å². The lowest BCUT2D eigenvalue weighted by molar-refractivity contribution is -0.167. The van der Waals surface area contributed by atoms with Crippen LogP contribution in [0.4, 0.5) is 84.8 Å². The first-order valence-electron chi connectivity index (χ1n) is 38.2. The van der Waals surface area contributed by atoms with E-state index in [1.54, 1.807) is 89.8 Å². The lowest BCUT2D eigenvalue weighted by atomic mass is 10.0. The van der Waals surface area contributed by atoms with Crippen LogP contribution >= 0.6 is 15.9 Å². The Morgan fingerprint density at radius 2 is 0.817 bits per heavy atom. The number of alkyl halides is 16. The number of nitrogen functional groups attached to an aromatic ring is 1. The van der Waals surface area contributed by atoms with Crippen molar-refractivity contribution in [3.8, 4) is 0 Å². The highest BCUT2D eigenvalue weighted by molar-refractivity contribution is 9.09. The molecule has 6 aromatic carbocycles. The van der Waals surface area contributed by atoms with Gasteiger partial charge >= 0.3 is 36.9 Å². The van der Waals surface area contributed by atoms with Crippen LogP contribution in [0.5, 0.6) is 0 Å². The van der Waals surface area contributed by atoms with E-state index in [0.717, 1.165) is 30.9 Å². The minimum atomic E-state index is -4.68. The van der Waals surface area contributed by atoms with Gasteiger partial charge in [-0.25, -0.2) is 58.2 Å². The number of aromatic carboxylic acids is 1. The smallest absolute Gasteiger partial charge is 0.450 e. The van der Waals surface area contributed by atoms with Gasteiger partial charge in [-0.2, -0.15) is 81.2 Å². The summed E-state index contributed by atoms with van der Waals surface area (Å²) < 4.78 is 232. The molecule has 29 nitrogen and oxygen atoms in total. The zero-order chi connectivity index (χ0) is 94.6. The monoisotopic (exact) mass is 1900 g/mol. The van der Waals surface area contributed by atoms with Gasteiger partial charge in [-0.15, -0.1) is 0 Å². The van der Waals surface area contributed by atoms with E-state index in [1.165, 1.54) is 96.7 Å². The molecule has 0 unspecified atom stereocenters. The number of carbonyl (C=O) groups excluding carboxylic acids is 3. The van der Waals surface area contributed by atoms with Crippen LogP contribution in [0, 0.1) is 17.5 Å². The van der Waals surface area contributed by atoms with Gasteiger partial charge in [0.1, 0.15) is 40.7 Å². The predicted molar refractivity (Wildman–Crippen MR) is 434 cm³/mol. The molecule has 3 aliphatic heterocycles. The van der Waals surface area contributed by atoms with E-state index in [1.807, 2.05) is 0 Å². The Labute approximate surface area is 730 Å². The number of nitrogens with zero attached hydrogens (tertiary/aromatic N) is 16. The standard InChI is InChI=1S/2C23H17F4N5O2.C16H11FN2O3.C7H8F3N3.C7H4F3N3.C4H5N3.C3H2BrF3O/c2*24-17-6-5-13(10-18-14-3-1-2-4-15(14)21(33)30-29-18)9-16(17)22(34)32-8-7-31-11-19(23(25,26)27)28-20(31)12-32;17-13-6-5-9(7-12(13)16(21)22)8-14-10-3-1-2-4-11(10)15(20)19-18-14;2*8-7(9,10)5-4-13-2-1-11-3-6(13)12-5;5-4-3-6-1-2-7-4;4-1-2(8)3(5,6)7/h2*1-6,9,11H,7-8,10,12H2,(H,30,33);1-7H,8H2,(H,19,20)(H,21,22);4,11H,1-3H2;1-4H;1-3H,(H2,5,7);1H2. The van der Waals surface area contributed by atoms with Crippen LogP contribution in [0.2, 0.25) is 0 Å². The van der Waals surface area contributed by atoms with Crippen LogP contribution in [0.1, 0.15) is 105 Å². The fourth-order valence-electron chi connectivity index (χ4n) is 13.2. The second kappa shape index (κ2) is 40.2. The minimum Gasteiger partial charge on any atom is -0.478 e. The number of nitrogens with two attached hydrogens (primary N) is 1. The number of amides is 2. The first-order valence-corrected chi connectivity index (χ1v) is 39.3. The molecular weight excluding hydrogens is 1840 g/mol. The summed E-state index contributed by atoms with van der Waals surface area (Å²) >= 11 is 2.38. The molecule has 0 aliphatic carbocycles. The molecule has 0 saturated carbocycles. The van der Waals surface area contributed by atoms with Crippen molar-refractivity contribution >= 4 is 83.3 Å². The van der Waals surface area contributed by atoms with Gasteiger partial charge < -0.3 is 44.1 Å². The molecular formula is C83H64BrF18N21O8. The Bertz CT molecular complexity index is 6610. The number of Topliss-reactive ketones (excluding diaryl/α,β-unsaturated/α-hetero) is 1. The summed E-state index contributed by atoms with van der Waals surface area (Å²) in [6.07, 6.45) is -9.27. The maximum Gasteiger partial charge on any atom is 0.450 e. The Morgan fingerprint density at radius 3 is 1.16 bits per heavy atom. The molecule has 2 amide bonds. The number of halogens is 19. The molecule has 0 atom stereocenters. The van der Waals surface area contributed by atoms with Gasteiger partial charge in [0.2, 0.25) is 5.78 Å². The quantitative estimate of drug-likeness (QED) is 0.0547. The van der Waals surface area contributed by atoms with Crippen LogP contribution in [-0.4, -0.2) is 153 Å². The molecule has 9 aromatic heterocycles. The van der Waals surface area contributed by atoms with E-state index in [4.69, 9.17) is 10.8 Å². The zero-order valence-electron chi connectivity index (χ0n) is 66.8. The number of benzene rings is 6. The van der Waals surface area contributed by atoms with Gasteiger partial charge in [-0.3, -0.25) is 38.7 Å². The number of hydrogen-bond donors (Lipinski definition) is 6. The number of H-pyrrole nitrogens is 3. The Hall–Kier alpha value is -14.9. The predicted octanol–water partition coefficient (Wildman–Crippen LogP) is 13.7. The molecule has 15 aromatic rings. The Balaban J connectivity index is 0.000000148. The van der Waals surface area contributed by atoms with Gasteiger partial charge in [0.25, 0.3) is 28.5 Å². The molecule has 682 valence electrons. The SMILES string of the molecule is FC(F)(F)c1cn2c(n1)CNCC2.FC(F)(F)c1cn2ccncc2n1.Nc1cnccn1.O=C(CBr)C(F)(F)F.O=C(O)c1cc(Cc2n[nH]c(=O)c3ccccc23)ccc1F.O=C(c1cc(Cc2n[nH]c(=O)c3ccccc23)ccc1F)N1CCn2cc(C(F)(F)F)nc2C1.O=C(c1cc(Cc2n[nH]c(=O)c3ccccc23)ccc1F)N1CCn2cc(C(F)(F)F)nc2C1. The summed E-state index contributed by atoms with van der Waals surface area (Å²) in [6, 6.07) is 33.0. The fraction of sp³-hybridized carbons (Fsp3) is 0.217.